The van der Waals surface area contributed by atoms with Gasteiger partial charge in [0.15, 0.2) is 0 Å². The van der Waals surface area contributed by atoms with Crippen LogP contribution in [0.1, 0.15) is 15.9 Å². The number of benzene rings is 2. The van der Waals surface area contributed by atoms with E-state index in [2.05, 4.69) is 21.2 Å². The fraction of sp³-hybridized carbons (Fsp3) is 0.188. The largest absolute Gasteiger partial charge is 0.322 e. The Bertz CT molecular complexity index is 658. The molecule has 2 aromatic carbocycles. The number of halogens is 2. The number of hydrogen-bond acceptors (Lipinski definition) is 2. The molecule has 0 fully saturated rings. The average molecular weight is 351 g/mol. The number of nitrogens with zero attached hydrogens (tertiary/aromatic N) is 1. The van der Waals surface area contributed by atoms with E-state index in [0.29, 0.717) is 11.0 Å². The van der Waals surface area contributed by atoms with Crippen LogP contribution in [0.25, 0.3) is 0 Å². The molecule has 21 heavy (non-hydrogen) atoms. The molecule has 0 aliphatic carbocycles. The van der Waals surface area contributed by atoms with E-state index in [1.807, 2.05) is 43.3 Å². The molecule has 0 aliphatic rings. The van der Waals surface area contributed by atoms with Crippen molar-refractivity contribution < 1.29 is 9.18 Å². The van der Waals surface area contributed by atoms with E-state index in [9.17, 15) is 9.18 Å². The maximum absolute atomic E-state index is 13.3. The topological polar surface area (TPSA) is 32.3 Å². The number of amides is 1. The summed E-state index contributed by atoms with van der Waals surface area (Å²) >= 11 is 3.27. The molecule has 0 unspecified atom stereocenters. The van der Waals surface area contributed by atoms with Crippen LogP contribution in [0.2, 0.25) is 0 Å². The van der Waals surface area contributed by atoms with E-state index in [0.717, 1.165) is 11.3 Å². The average Bonchev–Trinajstić information content (AvgIpc) is 2.43. The van der Waals surface area contributed by atoms with E-state index >= 15 is 0 Å². The Labute approximate surface area is 131 Å². The maximum Gasteiger partial charge on any atom is 0.256 e. The molecule has 5 heteroatoms. The van der Waals surface area contributed by atoms with Crippen LogP contribution < -0.4 is 5.32 Å². The number of nitrogens with one attached hydrogen (secondary N) is 1. The lowest BCUT2D eigenvalue weighted by Crippen LogP contribution is -2.17. The Morgan fingerprint density at radius 1 is 1.24 bits per heavy atom. The highest BCUT2D eigenvalue weighted by atomic mass is 79.9. The normalized spacial score (nSPS) is 10.7. The quantitative estimate of drug-likeness (QED) is 0.906. The highest BCUT2D eigenvalue weighted by molar-refractivity contribution is 9.10. The summed E-state index contributed by atoms with van der Waals surface area (Å²) in [7, 11) is 3.92. The molecule has 110 valence electrons. The highest BCUT2D eigenvalue weighted by Crippen LogP contribution is 2.21. The van der Waals surface area contributed by atoms with Gasteiger partial charge in [0.05, 0.1) is 5.56 Å². The Morgan fingerprint density at radius 2 is 1.95 bits per heavy atom. The van der Waals surface area contributed by atoms with Gasteiger partial charge in [0.25, 0.3) is 5.91 Å². The van der Waals surface area contributed by atoms with Crippen LogP contribution in [-0.4, -0.2) is 24.9 Å². The second kappa shape index (κ2) is 6.83. The Balaban J connectivity index is 2.25. The molecular formula is C16H16BrFN2O. The van der Waals surface area contributed by atoms with Gasteiger partial charge in [0, 0.05) is 16.7 Å². The number of para-hydroxylation sites is 1. The summed E-state index contributed by atoms with van der Waals surface area (Å²) in [5, 5.41) is 2.84. The van der Waals surface area contributed by atoms with Crippen molar-refractivity contribution in [2.24, 2.45) is 0 Å². The van der Waals surface area contributed by atoms with Gasteiger partial charge in [-0.25, -0.2) is 4.39 Å². The molecule has 0 saturated heterocycles. The molecule has 3 nitrogen and oxygen atoms in total. The summed E-state index contributed by atoms with van der Waals surface area (Å²) in [5.74, 6) is -0.780. The number of carbonyl (C=O) groups excluding carboxylic acids is 1. The van der Waals surface area contributed by atoms with Gasteiger partial charge in [-0.2, -0.15) is 0 Å². The van der Waals surface area contributed by atoms with Crippen LogP contribution in [-0.2, 0) is 6.54 Å². The van der Waals surface area contributed by atoms with Gasteiger partial charge in [-0.1, -0.05) is 18.2 Å². The van der Waals surface area contributed by atoms with Crippen LogP contribution in [0.5, 0.6) is 0 Å². The van der Waals surface area contributed by atoms with Gasteiger partial charge >= 0.3 is 0 Å². The van der Waals surface area contributed by atoms with Crippen molar-refractivity contribution in [3.05, 3.63) is 63.9 Å². The molecule has 1 N–H and O–H groups in total. The smallest absolute Gasteiger partial charge is 0.256 e. The number of carbonyl (C=O) groups is 1. The summed E-state index contributed by atoms with van der Waals surface area (Å²) in [6.45, 7) is 0.709. The lowest BCUT2D eigenvalue weighted by atomic mass is 10.1. The zero-order valence-corrected chi connectivity index (χ0v) is 13.4. The molecule has 1 amide bonds. The molecule has 2 aromatic rings. The summed E-state index contributed by atoms with van der Waals surface area (Å²) < 4.78 is 13.9. The van der Waals surface area contributed by atoms with Gasteiger partial charge < -0.3 is 10.2 Å². The van der Waals surface area contributed by atoms with Crippen LogP contribution >= 0.6 is 15.9 Å². The third kappa shape index (κ3) is 4.12. The Hall–Kier alpha value is -1.72. The fourth-order valence-electron chi connectivity index (χ4n) is 1.98. The Kier molecular flexibility index (Phi) is 5.09. The van der Waals surface area contributed by atoms with E-state index < -0.39 is 5.82 Å². The molecule has 0 aromatic heterocycles. The van der Waals surface area contributed by atoms with Crippen LogP contribution in [0, 0.1) is 5.82 Å². The van der Waals surface area contributed by atoms with E-state index in [-0.39, 0.29) is 11.5 Å². The number of hydrogen-bond donors (Lipinski definition) is 1. The third-order valence-electron chi connectivity index (χ3n) is 2.93. The lowest BCUT2D eigenvalue weighted by molar-refractivity contribution is 0.102. The van der Waals surface area contributed by atoms with Gasteiger partial charge in [-0.3, -0.25) is 4.79 Å². The molecule has 0 spiro atoms. The molecule has 0 atom stereocenters. The van der Waals surface area contributed by atoms with Crippen molar-refractivity contribution in [2.45, 2.75) is 6.54 Å². The molecule has 0 heterocycles. The number of rotatable bonds is 4. The molecular weight excluding hydrogens is 335 g/mol. The maximum atomic E-state index is 13.3. The molecule has 0 bridgehead atoms. The molecule has 2 rings (SSSR count). The molecule has 0 radical (unpaired) electrons. The molecule has 0 saturated carbocycles. The number of anilines is 1. The second-order valence-corrected chi connectivity index (χ2v) is 5.83. The van der Waals surface area contributed by atoms with Crippen LogP contribution in [0.15, 0.2) is 46.9 Å². The standard InChI is InChI=1S/C16H16BrFN2O/c1-20(2)10-11-5-3-4-6-15(11)19-16(21)13-9-12(18)7-8-14(13)17/h3-9H,10H2,1-2H3,(H,19,21). The van der Waals surface area contributed by atoms with E-state index in [1.54, 1.807) is 0 Å². The summed E-state index contributed by atoms with van der Waals surface area (Å²) in [4.78, 5) is 14.3. The van der Waals surface area contributed by atoms with Gasteiger partial charge in [-0.05, 0) is 59.9 Å². The first-order valence-corrected chi connectivity index (χ1v) is 7.25. The van der Waals surface area contributed by atoms with Crippen molar-refractivity contribution in [1.82, 2.24) is 4.90 Å². The van der Waals surface area contributed by atoms with Gasteiger partial charge in [0.2, 0.25) is 0 Å². The summed E-state index contributed by atoms with van der Waals surface area (Å²) in [5.41, 5.74) is 2.00. The molecule has 0 aliphatic heterocycles. The first kappa shape index (κ1) is 15.7. The first-order valence-electron chi connectivity index (χ1n) is 6.46. The predicted molar refractivity (Wildman–Crippen MR) is 85.9 cm³/mol. The third-order valence-corrected chi connectivity index (χ3v) is 3.62. The minimum absolute atomic E-state index is 0.273. The van der Waals surface area contributed by atoms with Crippen LogP contribution in [0.3, 0.4) is 0 Å². The minimum Gasteiger partial charge on any atom is -0.322 e. The van der Waals surface area contributed by atoms with Gasteiger partial charge in [0.1, 0.15) is 5.82 Å². The van der Waals surface area contributed by atoms with Crippen molar-refractivity contribution >= 4 is 27.5 Å². The monoisotopic (exact) mass is 350 g/mol. The summed E-state index contributed by atoms with van der Waals surface area (Å²) in [6.07, 6.45) is 0. The van der Waals surface area contributed by atoms with Crippen molar-refractivity contribution in [2.75, 3.05) is 19.4 Å². The van der Waals surface area contributed by atoms with Crippen molar-refractivity contribution in [3.63, 3.8) is 0 Å². The highest BCUT2D eigenvalue weighted by Gasteiger charge is 2.13. The first-order chi connectivity index (χ1) is 9.97. The minimum atomic E-state index is -0.440. The van der Waals surface area contributed by atoms with E-state index in [1.165, 1.54) is 18.2 Å². The van der Waals surface area contributed by atoms with Crippen molar-refractivity contribution in [3.8, 4) is 0 Å². The zero-order chi connectivity index (χ0) is 15.4. The second-order valence-electron chi connectivity index (χ2n) is 4.97. The van der Waals surface area contributed by atoms with Gasteiger partial charge in [-0.15, -0.1) is 0 Å². The van der Waals surface area contributed by atoms with Crippen LogP contribution in [0.4, 0.5) is 10.1 Å². The lowest BCUT2D eigenvalue weighted by Gasteiger charge is -2.15. The van der Waals surface area contributed by atoms with E-state index in [4.69, 9.17) is 0 Å². The SMILES string of the molecule is CN(C)Cc1ccccc1NC(=O)c1cc(F)ccc1Br. The zero-order valence-electron chi connectivity index (χ0n) is 11.9. The predicted octanol–water partition coefficient (Wildman–Crippen LogP) is 3.90. The fourth-order valence-corrected chi connectivity index (χ4v) is 2.41. The Morgan fingerprint density at radius 3 is 2.67 bits per heavy atom. The van der Waals surface area contributed by atoms with Crippen molar-refractivity contribution in [1.29, 1.82) is 0 Å². The summed E-state index contributed by atoms with van der Waals surface area (Å²) in [6, 6.07) is 11.6.